The van der Waals surface area contributed by atoms with Gasteiger partial charge in [-0.2, -0.15) is 0 Å². The molecule has 21 heavy (non-hydrogen) atoms. The van der Waals surface area contributed by atoms with Gasteiger partial charge in [0.1, 0.15) is 5.75 Å². The fraction of sp³-hybridized carbons (Fsp3) is 0.500. The van der Waals surface area contributed by atoms with Gasteiger partial charge in [0, 0.05) is 13.1 Å². The van der Waals surface area contributed by atoms with Crippen LogP contribution in [0, 0.1) is 10.1 Å². The van der Waals surface area contributed by atoms with E-state index >= 15 is 0 Å². The van der Waals surface area contributed by atoms with Gasteiger partial charge in [-0.15, -0.1) is 0 Å². The number of nitro groups is 1. The summed E-state index contributed by atoms with van der Waals surface area (Å²) in [5, 5.41) is 14.0. The predicted molar refractivity (Wildman–Crippen MR) is 78.0 cm³/mol. The second-order valence-corrected chi connectivity index (χ2v) is 5.97. The van der Waals surface area contributed by atoms with Crippen LogP contribution in [0.15, 0.2) is 23.1 Å². The van der Waals surface area contributed by atoms with Crippen LogP contribution in [-0.4, -0.2) is 40.1 Å². The molecule has 0 unspecified atom stereocenters. The van der Waals surface area contributed by atoms with E-state index in [0.717, 1.165) is 19.0 Å². The Labute approximate surface area is 123 Å². The standard InChI is InChI=1S/C12H19N3O5S/c1-3-6-13-7-8-14-21(18,19)12-5-4-10(20-2)9-11(12)15(16)17/h4-5,9,13-14H,3,6-8H2,1-2H3. The van der Waals surface area contributed by atoms with Crippen LogP contribution in [0.1, 0.15) is 13.3 Å². The summed E-state index contributed by atoms with van der Waals surface area (Å²) in [4.78, 5) is 9.88. The third-order valence-electron chi connectivity index (χ3n) is 2.67. The summed E-state index contributed by atoms with van der Waals surface area (Å²) in [5.74, 6) is 0.227. The summed E-state index contributed by atoms with van der Waals surface area (Å²) < 4.78 is 31.4. The van der Waals surface area contributed by atoms with Crippen LogP contribution in [-0.2, 0) is 10.0 Å². The molecule has 2 N–H and O–H groups in total. The van der Waals surface area contributed by atoms with Crippen molar-refractivity contribution in [2.75, 3.05) is 26.7 Å². The molecule has 118 valence electrons. The zero-order valence-corrected chi connectivity index (χ0v) is 12.8. The Morgan fingerprint density at radius 1 is 1.29 bits per heavy atom. The number of methoxy groups -OCH3 is 1. The molecule has 1 aromatic carbocycles. The van der Waals surface area contributed by atoms with Crippen LogP contribution in [0.2, 0.25) is 0 Å². The normalized spacial score (nSPS) is 11.3. The first-order chi connectivity index (χ1) is 9.92. The molecule has 0 aliphatic carbocycles. The van der Waals surface area contributed by atoms with Crippen molar-refractivity contribution < 1.29 is 18.1 Å². The third-order valence-corrected chi connectivity index (χ3v) is 4.18. The number of nitrogens with one attached hydrogen (secondary N) is 2. The highest BCUT2D eigenvalue weighted by Crippen LogP contribution is 2.27. The highest BCUT2D eigenvalue weighted by atomic mass is 32.2. The van der Waals surface area contributed by atoms with Crippen molar-refractivity contribution >= 4 is 15.7 Å². The van der Waals surface area contributed by atoms with Gasteiger partial charge in [0.05, 0.1) is 18.1 Å². The fourth-order valence-corrected chi connectivity index (χ4v) is 2.83. The Hall–Kier alpha value is -1.71. The average Bonchev–Trinajstić information content (AvgIpc) is 2.46. The summed E-state index contributed by atoms with van der Waals surface area (Å²) in [7, 11) is -2.58. The van der Waals surface area contributed by atoms with Crippen molar-refractivity contribution in [1.82, 2.24) is 10.0 Å². The Balaban J connectivity index is 2.89. The van der Waals surface area contributed by atoms with Crippen molar-refractivity contribution in [3.05, 3.63) is 28.3 Å². The smallest absolute Gasteiger partial charge is 0.293 e. The molecule has 0 atom stereocenters. The molecular formula is C12H19N3O5S. The third kappa shape index (κ3) is 4.96. The van der Waals surface area contributed by atoms with Gasteiger partial charge in [-0.1, -0.05) is 6.92 Å². The van der Waals surface area contributed by atoms with Crippen LogP contribution >= 0.6 is 0 Å². The van der Waals surface area contributed by atoms with E-state index in [1.807, 2.05) is 6.92 Å². The maximum atomic E-state index is 12.1. The second kappa shape index (κ2) is 7.91. The molecule has 0 spiro atoms. The number of hydrogen-bond donors (Lipinski definition) is 2. The van der Waals surface area contributed by atoms with Gasteiger partial charge in [-0.25, -0.2) is 13.1 Å². The van der Waals surface area contributed by atoms with Crippen molar-refractivity contribution in [2.24, 2.45) is 0 Å². The van der Waals surface area contributed by atoms with Crippen LogP contribution in [0.4, 0.5) is 5.69 Å². The fourth-order valence-electron chi connectivity index (χ4n) is 1.65. The number of nitro benzene ring substituents is 1. The Morgan fingerprint density at radius 3 is 2.57 bits per heavy atom. The molecule has 1 rings (SSSR count). The van der Waals surface area contributed by atoms with Gasteiger partial charge in [0.2, 0.25) is 10.0 Å². The minimum Gasteiger partial charge on any atom is -0.497 e. The molecule has 0 saturated heterocycles. The lowest BCUT2D eigenvalue weighted by molar-refractivity contribution is -0.387. The van der Waals surface area contributed by atoms with Gasteiger partial charge < -0.3 is 10.1 Å². The molecule has 0 aliphatic heterocycles. The molecule has 0 fully saturated rings. The highest BCUT2D eigenvalue weighted by molar-refractivity contribution is 7.89. The maximum absolute atomic E-state index is 12.1. The van der Waals surface area contributed by atoms with Crippen molar-refractivity contribution in [2.45, 2.75) is 18.2 Å². The Bertz CT molecular complexity index is 589. The summed E-state index contributed by atoms with van der Waals surface area (Å²) in [5.41, 5.74) is -0.511. The molecular weight excluding hydrogens is 298 g/mol. The van der Waals surface area contributed by atoms with E-state index in [2.05, 4.69) is 10.0 Å². The average molecular weight is 317 g/mol. The predicted octanol–water partition coefficient (Wildman–Crippen LogP) is 0.881. The quantitative estimate of drug-likeness (QED) is 0.397. The molecule has 1 aromatic rings. The number of sulfonamides is 1. The van der Waals surface area contributed by atoms with Gasteiger partial charge in [0.25, 0.3) is 5.69 Å². The second-order valence-electron chi connectivity index (χ2n) is 4.24. The number of hydrogen-bond acceptors (Lipinski definition) is 6. The minimum absolute atomic E-state index is 0.158. The molecule has 0 bridgehead atoms. The van der Waals surface area contributed by atoms with E-state index < -0.39 is 20.6 Å². The van der Waals surface area contributed by atoms with Crippen molar-refractivity contribution in [1.29, 1.82) is 0 Å². The zero-order valence-electron chi connectivity index (χ0n) is 12.0. The summed E-state index contributed by atoms with van der Waals surface area (Å²) in [6, 6.07) is 3.62. The van der Waals surface area contributed by atoms with Gasteiger partial charge >= 0.3 is 0 Å². The van der Waals surface area contributed by atoms with E-state index in [-0.39, 0.29) is 17.2 Å². The molecule has 0 heterocycles. The van der Waals surface area contributed by atoms with Crippen molar-refractivity contribution in [3.8, 4) is 5.75 Å². The van der Waals surface area contributed by atoms with Crippen LogP contribution < -0.4 is 14.8 Å². The van der Waals surface area contributed by atoms with E-state index in [1.54, 1.807) is 0 Å². The van der Waals surface area contributed by atoms with Crippen LogP contribution in [0.5, 0.6) is 5.75 Å². The summed E-state index contributed by atoms with van der Waals surface area (Å²) in [6.07, 6.45) is 0.941. The molecule has 9 heteroatoms. The Kier molecular flexibility index (Phi) is 6.53. The SMILES string of the molecule is CCCNCCNS(=O)(=O)c1ccc(OC)cc1[N+](=O)[O-]. The van der Waals surface area contributed by atoms with Gasteiger partial charge in [0.15, 0.2) is 4.90 Å². The van der Waals surface area contributed by atoms with Crippen molar-refractivity contribution in [3.63, 3.8) is 0 Å². The highest BCUT2D eigenvalue weighted by Gasteiger charge is 2.26. The first kappa shape index (κ1) is 17.3. The molecule has 0 amide bonds. The monoisotopic (exact) mass is 317 g/mol. The van der Waals surface area contributed by atoms with Gasteiger partial charge in [-0.05, 0) is 25.1 Å². The molecule has 8 nitrogen and oxygen atoms in total. The Morgan fingerprint density at radius 2 is 2.00 bits per heavy atom. The van der Waals surface area contributed by atoms with E-state index in [0.29, 0.717) is 6.54 Å². The van der Waals surface area contributed by atoms with E-state index in [9.17, 15) is 18.5 Å². The number of benzene rings is 1. The topological polar surface area (TPSA) is 111 Å². The van der Waals surface area contributed by atoms with Crippen LogP contribution in [0.25, 0.3) is 0 Å². The summed E-state index contributed by atoms with van der Waals surface area (Å²) >= 11 is 0. The first-order valence-corrected chi connectivity index (χ1v) is 7.93. The summed E-state index contributed by atoms with van der Waals surface area (Å²) in [6.45, 7) is 3.39. The lowest BCUT2D eigenvalue weighted by Gasteiger charge is -2.09. The lowest BCUT2D eigenvalue weighted by Crippen LogP contribution is -2.32. The molecule has 0 saturated carbocycles. The minimum atomic E-state index is -3.94. The van der Waals surface area contributed by atoms with E-state index in [1.165, 1.54) is 19.2 Å². The number of rotatable bonds is 9. The number of nitrogens with zero attached hydrogens (tertiary/aromatic N) is 1. The number of ether oxygens (including phenoxy) is 1. The molecule has 0 aliphatic rings. The maximum Gasteiger partial charge on any atom is 0.293 e. The first-order valence-electron chi connectivity index (χ1n) is 6.45. The zero-order chi connectivity index (χ0) is 15.9. The molecule has 0 radical (unpaired) electrons. The van der Waals surface area contributed by atoms with E-state index in [4.69, 9.17) is 4.74 Å². The largest absolute Gasteiger partial charge is 0.497 e. The van der Waals surface area contributed by atoms with Crippen LogP contribution in [0.3, 0.4) is 0 Å². The molecule has 0 aromatic heterocycles. The lowest BCUT2D eigenvalue weighted by atomic mass is 10.3. The van der Waals surface area contributed by atoms with Gasteiger partial charge in [-0.3, -0.25) is 10.1 Å².